The zero-order valence-electron chi connectivity index (χ0n) is 5.61. The van der Waals surface area contributed by atoms with Gasteiger partial charge in [0.1, 0.15) is 19.5 Å². The maximum atomic E-state index is 11.7. The van der Waals surface area contributed by atoms with Crippen molar-refractivity contribution in [2.24, 2.45) is 0 Å². The standard InChI is InChI=1S/C7H10F2O/c1-5(3-8)7(10)6(2)4-9/h7,10H,1-4H2. The number of aliphatic hydroxyl groups excluding tert-OH is 1. The van der Waals surface area contributed by atoms with Crippen LogP contribution in [0.5, 0.6) is 0 Å². The molecule has 3 heteroatoms. The van der Waals surface area contributed by atoms with Gasteiger partial charge in [-0.2, -0.15) is 0 Å². The van der Waals surface area contributed by atoms with Gasteiger partial charge in [-0.05, 0) is 11.1 Å². The van der Waals surface area contributed by atoms with Crippen LogP contribution in [0.15, 0.2) is 24.3 Å². The topological polar surface area (TPSA) is 20.2 Å². The molecule has 0 radical (unpaired) electrons. The van der Waals surface area contributed by atoms with E-state index >= 15 is 0 Å². The molecule has 1 N–H and O–H groups in total. The smallest absolute Gasteiger partial charge is 0.113 e. The molecule has 0 aromatic carbocycles. The SMILES string of the molecule is C=C(CF)C(O)C(=C)CF. The summed E-state index contributed by atoms with van der Waals surface area (Å²) in [4.78, 5) is 0. The van der Waals surface area contributed by atoms with Gasteiger partial charge in [0.15, 0.2) is 0 Å². The summed E-state index contributed by atoms with van der Waals surface area (Å²) in [6.45, 7) is 4.69. The molecule has 0 fully saturated rings. The molecular weight excluding hydrogens is 138 g/mol. The maximum Gasteiger partial charge on any atom is 0.113 e. The first-order valence-electron chi connectivity index (χ1n) is 2.78. The van der Waals surface area contributed by atoms with Gasteiger partial charge in [0.25, 0.3) is 0 Å². The summed E-state index contributed by atoms with van der Waals surface area (Å²) in [5.41, 5.74) is -0.106. The number of hydrogen-bond acceptors (Lipinski definition) is 1. The predicted molar refractivity (Wildman–Crippen MR) is 36.2 cm³/mol. The molecule has 0 bridgehead atoms. The number of hydrogen-bond donors (Lipinski definition) is 1. The fourth-order valence-corrected chi connectivity index (χ4v) is 0.435. The van der Waals surface area contributed by atoms with Gasteiger partial charge in [-0.25, -0.2) is 8.78 Å². The van der Waals surface area contributed by atoms with Crippen molar-refractivity contribution < 1.29 is 13.9 Å². The molecule has 0 heterocycles. The van der Waals surface area contributed by atoms with E-state index in [-0.39, 0.29) is 11.1 Å². The van der Waals surface area contributed by atoms with Gasteiger partial charge in [-0.15, -0.1) is 0 Å². The van der Waals surface area contributed by atoms with Crippen LogP contribution in [0.4, 0.5) is 8.78 Å². The molecule has 0 aliphatic heterocycles. The van der Waals surface area contributed by atoms with Gasteiger partial charge in [-0.3, -0.25) is 0 Å². The van der Waals surface area contributed by atoms with Crippen molar-refractivity contribution >= 4 is 0 Å². The second-order valence-corrected chi connectivity index (χ2v) is 1.99. The monoisotopic (exact) mass is 148 g/mol. The van der Waals surface area contributed by atoms with Crippen molar-refractivity contribution in [3.05, 3.63) is 24.3 Å². The van der Waals surface area contributed by atoms with E-state index in [9.17, 15) is 8.78 Å². The van der Waals surface area contributed by atoms with Crippen LogP contribution < -0.4 is 0 Å². The Hall–Kier alpha value is -0.700. The van der Waals surface area contributed by atoms with Crippen molar-refractivity contribution in [3.63, 3.8) is 0 Å². The minimum absolute atomic E-state index is 0.0531. The Morgan fingerprint density at radius 3 is 1.70 bits per heavy atom. The first-order chi connectivity index (χ1) is 4.63. The van der Waals surface area contributed by atoms with Gasteiger partial charge in [0, 0.05) is 0 Å². The third kappa shape index (κ3) is 2.27. The Morgan fingerprint density at radius 2 is 1.50 bits per heavy atom. The number of aliphatic hydroxyl groups is 1. The largest absolute Gasteiger partial charge is 0.384 e. The summed E-state index contributed by atoms with van der Waals surface area (Å²) < 4.78 is 23.4. The minimum Gasteiger partial charge on any atom is -0.384 e. The second kappa shape index (κ2) is 4.17. The van der Waals surface area contributed by atoms with Crippen LogP contribution in [0.25, 0.3) is 0 Å². The van der Waals surface area contributed by atoms with Crippen molar-refractivity contribution in [1.29, 1.82) is 0 Å². The van der Waals surface area contributed by atoms with Gasteiger partial charge < -0.3 is 5.11 Å². The van der Waals surface area contributed by atoms with Gasteiger partial charge in [0.05, 0.1) is 0 Å². The van der Waals surface area contributed by atoms with Crippen LogP contribution in [0.1, 0.15) is 0 Å². The fourth-order valence-electron chi connectivity index (χ4n) is 0.435. The number of rotatable bonds is 4. The lowest BCUT2D eigenvalue weighted by Gasteiger charge is -2.10. The van der Waals surface area contributed by atoms with Gasteiger partial charge in [-0.1, -0.05) is 13.2 Å². The highest BCUT2D eigenvalue weighted by molar-refractivity contribution is 5.18. The van der Waals surface area contributed by atoms with E-state index in [2.05, 4.69) is 13.2 Å². The molecule has 10 heavy (non-hydrogen) atoms. The maximum absolute atomic E-state index is 11.7. The van der Waals surface area contributed by atoms with Crippen LogP contribution >= 0.6 is 0 Å². The third-order valence-corrected chi connectivity index (χ3v) is 1.12. The molecular formula is C7H10F2O. The van der Waals surface area contributed by atoms with Crippen molar-refractivity contribution in [1.82, 2.24) is 0 Å². The third-order valence-electron chi connectivity index (χ3n) is 1.12. The highest BCUT2D eigenvalue weighted by Crippen LogP contribution is 2.09. The zero-order valence-corrected chi connectivity index (χ0v) is 5.61. The first kappa shape index (κ1) is 9.30. The predicted octanol–water partition coefficient (Wildman–Crippen LogP) is 1.40. The lowest BCUT2D eigenvalue weighted by Crippen LogP contribution is -2.14. The van der Waals surface area contributed by atoms with Crippen LogP contribution in [-0.2, 0) is 0 Å². The first-order valence-corrected chi connectivity index (χ1v) is 2.78. The number of halogens is 2. The van der Waals surface area contributed by atoms with E-state index in [1.165, 1.54) is 0 Å². The molecule has 0 aliphatic carbocycles. The molecule has 0 aromatic heterocycles. The minimum atomic E-state index is -1.24. The molecule has 0 aromatic rings. The average molecular weight is 148 g/mol. The summed E-state index contributed by atoms with van der Waals surface area (Å²) >= 11 is 0. The Balaban J connectivity index is 3.94. The van der Waals surface area contributed by atoms with E-state index < -0.39 is 19.5 Å². The molecule has 58 valence electrons. The fraction of sp³-hybridized carbons (Fsp3) is 0.429. The van der Waals surface area contributed by atoms with E-state index in [1.807, 2.05) is 0 Å². The molecule has 0 saturated carbocycles. The van der Waals surface area contributed by atoms with E-state index in [4.69, 9.17) is 5.11 Å². The van der Waals surface area contributed by atoms with Crippen LogP contribution in [0.3, 0.4) is 0 Å². The van der Waals surface area contributed by atoms with Gasteiger partial charge >= 0.3 is 0 Å². The van der Waals surface area contributed by atoms with Crippen molar-refractivity contribution in [2.75, 3.05) is 13.3 Å². The lowest BCUT2D eigenvalue weighted by molar-refractivity contribution is 0.228. The summed E-state index contributed by atoms with van der Waals surface area (Å²) in [7, 11) is 0. The summed E-state index contributed by atoms with van der Waals surface area (Å²) in [5, 5.41) is 8.91. The molecule has 0 amide bonds. The normalized spacial score (nSPS) is 10.0. The van der Waals surface area contributed by atoms with Gasteiger partial charge in [0.2, 0.25) is 0 Å². The Morgan fingerprint density at radius 1 is 1.20 bits per heavy atom. The zero-order chi connectivity index (χ0) is 8.15. The van der Waals surface area contributed by atoms with Crippen LogP contribution in [0.2, 0.25) is 0 Å². The number of alkyl halides is 2. The Labute approximate surface area is 58.7 Å². The average Bonchev–Trinajstić information content (AvgIpc) is 2.00. The summed E-state index contributed by atoms with van der Waals surface area (Å²) in [6, 6.07) is 0. The Bertz CT molecular complexity index is 127. The van der Waals surface area contributed by atoms with Crippen molar-refractivity contribution in [3.8, 4) is 0 Å². The van der Waals surface area contributed by atoms with Crippen LogP contribution in [0, 0.1) is 0 Å². The highest BCUT2D eigenvalue weighted by atomic mass is 19.1. The van der Waals surface area contributed by atoms with E-state index in [0.717, 1.165) is 0 Å². The van der Waals surface area contributed by atoms with Crippen LogP contribution in [-0.4, -0.2) is 24.6 Å². The van der Waals surface area contributed by atoms with E-state index in [0.29, 0.717) is 0 Å². The molecule has 1 nitrogen and oxygen atoms in total. The lowest BCUT2D eigenvalue weighted by atomic mass is 10.1. The molecule has 0 rings (SSSR count). The molecule has 0 aliphatic rings. The molecule has 0 atom stereocenters. The quantitative estimate of drug-likeness (QED) is 0.597. The Kier molecular flexibility index (Phi) is 3.88. The van der Waals surface area contributed by atoms with Crippen molar-refractivity contribution in [2.45, 2.75) is 6.10 Å². The highest BCUT2D eigenvalue weighted by Gasteiger charge is 2.11. The molecule has 0 unspecified atom stereocenters. The summed E-state index contributed by atoms with van der Waals surface area (Å²) in [5.74, 6) is 0. The second-order valence-electron chi connectivity index (χ2n) is 1.99. The molecule has 0 spiro atoms. The summed E-state index contributed by atoms with van der Waals surface area (Å²) in [6.07, 6.45) is -1.24. The van der Waals surface area contributed by atoms with E-state index in [1.54, 1.807) is 0 Å². The molecule has 0 saturated heterocycles.